The molecule has 3 heterocycles. The van der Waals surface area contributed by atoms with Crippen LogP contribution in [0.1, 0.15) is 150 Å². The van der Waals surface area contributed by atoms with Gasteiger partial charge in [-0.05, 0) is 78.1 Å². The summed E-state index contributed by atoms with van der Waals surface area (Å²) in [5.74, 6) is -3.76. The first-order chi connectivity index (χ1) is 35.8. The van der Waals surface area contributed by atoms with Crippen molar-refractivity contribution in [3.8, 4) is 0 Å². The van der Waals surface area contributed by atoms with Crippen LogP contribution in [-0.2, 0) is 62.0 Å². The summed E-state index contributed by atoms with van der Waals surface area (Å²) in [5.41, 5.74) is 0. The number of aliphatic hydroxyl groups excluding tert-OH is 6. The van der Waals surface area contributed by atoms with Gasteiger partial charge in [0.2, 0.25) is 11.8 Å². The van der Waals surface area contributed by atoms with E-state index in [-0.39, 0.29) is 87.6 Å². The predicted molar refractivity (Wildman–Crippen MR) is 270 cm³/mol. The van der Waals surface area contributed by atoms with Gasteiger partial charge in [0.1, 0.15) is 41.8 Å². The fraction of sp³-hybridized carbons (Fsp3) is 0.830. The number of ether oxygens (including phenoxy) is 6. The van der Waals surface area contributed by atoms with Crippen molar-refractivity contribution >= 4 is 41.0 Å². The van der Waals surface area contributed by atoms with Gasteiger partial charge in [-0.2, -0.15) is 0 Å². The summed E-state index contributed by atoms with van der Waals surface area (Å²) in [6, 6.07) is 0. The Hall–Kier alpha value is -3.65. The number of unbranched alkanes of at least 4 members (excludes halogenated alkanes) is 5. The average molecular weight is 1070 g/mol. The molecule has 3 aliphatic heterocycles. The second-order valence-corrected chi connectivity index (χ2v) is 20.5. The van der Waals surface area contributed by atoms with Crippen molar-refractivity contribution in [2.75, 3.05) is 59.3 Å². The summed E-state index contributed by atoms with van der Waals surface area (Å²) in [4.78, 5) is 88.3. The standard InChI is InChI=1S/C53H89N3O19/c1-35-46(65)48(67)41(33-57)74-51(35)70-28-12-8-18-40(61)32-37(16-7-11-25-54-43(62)21-9-13-29-71-52-36(2)47(66)49(68)42(34-58)75-52)50(69)55-26-10-5-6-17-38(59)19-14-30-72-53(3,4)73-31-15-20-39(60)24-27-56-44(63)22-23-45(56)64/h22-23,35-37,41-42,46-49,51-52,57-58,65-68H,5-21,24-34H2,1-4H3,(H,54,62)(H,55,69)/t35-,36?,37+,41?,42?,46+,47+,48-,49?,51?,52+/m0/s1. The summed E-state index contributed by atoms with van der Waals surface area (Å²) < 4.78 is 34.3. The van der Waals surface area contributed by atoms with Crippen molar-refractivity contribution in [1.29, 1.82) is 0 Å². The van der Waals surface area contributed by atoms with E-state index in [4.69, 9.17) is 28.4 Å². The summed E-state index contributed by atoms with van der Waals surface area (Å²) in [6.07, 6.45) is 2.49. The largest absolute Gasteiger partial charge is 0.394 e. The number of aliphatic hydroxyl groups is 6. The van der Waals surface area contributed by atoms with Gasteiger partial charge >= 0.3 is 0 Å². The fourth-order valence-electron chi connectivity index (χ4n) is 8.90. The highest BCUT2D eigenvalue weighted by Crippen LogP contribution is 2.28. The second kappa shape index (κ2) is 35.7. The number of carbonyl (C=O) groups is 7. The molecule has 4 amide bonds. The van der Waals surface area contributed by atoms with Crippen molar-refractivity contribution in [2.24, 2.45) is 17.8 Å². The van der Waals surface area contributed by atoms with Gasteiger partial charge in [0.05, 0.1) is 38.6 Å². The van der Waals surface area contributed by atoms with Gasteiger partial charge in [0.15, 0.2) is 18.4 Å². The van der Waals surface area contributed by atoms with Crippen LogP contribution in [0.3, 0.4) is 0 Å². The SMILES string of the molecule is CC1[C@H](OCCCCC(=O)NCCCC[C@H](CC(=O)CCCCOC2OC(CO)[C@H](O)[C@H](O)[C@@H]2C)C(=O)NCCCCCC(=O)CCCOC(C)(C)OCCCC(=O)CCN2C(=O)C=CC2=O)OC(CO)C(O)[C@@H]1O. The molecule has 0 aromatic carbocycles. The molecule has 0 aromatic rings. The molecule has 0 aromatic heterocycles. The zero-order chi connectivity index (χ0) is 55.3. The lowest BCUT2D eigenvalue weighted by atomic mass is 9.92. The van der Waals surface area contributed by atoms with Crippen molar-refractivity contribution in [3.63, 3.8) is 0 Å². The molecular formula is C53H89N3O19. The predicted octanol–water partition coefficient (Wildman–Crippen LogP) is 1.83. The number of imide groups is 1. The van der Waals surface area contributed by atoms with Crippen LogP contribution in [0.2, 0.25) is 0 Å². The Morgan fingerprint density at radius 3 is 1.60 bits per heavy atom. The normalized spacial score (nSPS) is 25.4. The van der Waals surface area contributed by atoms with Gasteiger partial charge in [-0.3, -0.25) is 38.5 Å². The molecule has 0 radical (unpaired) electrons. The van der Waals surface area contributed by atoms with E-state index < -0.39 is 97.8 Å². The van der Waals surface area contributed by atoms with Crippen molar-refractivity contribution in [1.82, 2.24) is 15.5 Å². The fourth-order valence-corrected chi connectivity index (χ4v) is 8.90. The second-order valence-electron chi connectivity index (χ2n) is 20.5. The highest BCUT2D eigenvalue weighted by Gasteiger charge is 2.43. The van der Waals surface area contributed by atoms with Crippen LogP contribution in [0.4, 0.5) is 0 Å². The van der Waals surface area contributed by atoms with E-state index in [1.54, 1.807) is 27.7 Å². The zero-order valence-electron chi connectivity index (χ0n) is 44.7. The average Bonchev–Trinajstić information content (AvgIpc) is 3.71. The molecule has 11 atom stereocenters. The minimum atomic E-state index is -1.23. The minimum Gasteiger partial charge on any atom is -0.394 e. The quantitative estimate of drug-likeness (QED) is 0.0246. The van der Waals surface area contributed by atoms with Crippen LogP contribution in [0.15, 0.2) is 12.2 Å². The molecule has 0 aliphatic carbocycles. The molecule has 0 spiro atoms. The Bertz CT molecular complexity index is 1760. The third-order valence-corrected chi connectivity index (χ3v) is 13.8. The summed E-state index contributed by atoms with van der Waals surface area (Å²) in [6.45, 7) is 7.87. The monoisotopic (exact) mass is 1070 g/mol. The van der Waals surface area contributed by atoms with Crippen molar-refractivity contribution in [3.05, 3.63) is 12.2 Å². The first-order valence-corrected chi connectivity index (χ1v) is 27.2. The molecule has 0 saturated carbocycles. The summed E-state index contributed by atoms with van der Waals surface area (Å²) >= 11 is 0. The molecule has 2 fully saturated rings. The highest BCUT2D eigenvalue weighted by atomic mass is 16.7. The first-order valence-electron chi connectivity index (χ1n) is 27.2. The molecule has 0 bridgehead atoms. The van der Waals surface area contributed by atoms with Crippen LogP contribution >= 0.6 is 0 Å². The van der Waals surface area contributed by atoms with Crippen molar-refractivity contribution in [2.45, 2.75) is 205 Å². The zero-order valence-corrected chi connectivity index (χ0v) is 44.7. The molecule has 2 saturated heterocycles. The number of nitrogens with zero attached hydrogens (tertiary/aromatic N) is 1. The highest BCUT2D eigenvalue weighted by molar-refractivity contribution is 6.13. The molecule has 3 aliphatic rings. The number of rotatable bonds is 41. The maximum Gasteiger partial charge on any atom is 0.253 e. The molecular weight excluding hydrogens is 983 g/mol. The molecule has 8 N–H and O–H groups in total. The number of hydrogen-bond acceptors (Lipinski definition) is 19. The third kappa shape index (κ3) is 24.7. The van der Waals surface area contributed by atoms with E-state index in [9.17, 15) is 64.2 Å². The van der Waals surface area contributed by atoms with Crippen LogP contribution in [0, 0.1) is 17.8 Å². The first kappa shape index (κ1) is 65.6. The number of carbonyl (C=O) groups excluding carboxylic acids is 7. The Labute approximate surface area is 441 Å². The van der Waals surface area contributed by atoms with Gasteiger partial charge in [0.25, 0.3) is 11.8 Å². The number of ketones is 3. The van der Waals surface area contributed by atoms with Gasteiger partial charge < -0.3 is 69.7 Å². The van der Waals surface area contributed by atoms with E-state index in [0.29, 0.717) is 103 Å². The topological polar surface area (TPSA) is 324 Å². The lowest BCUT2D eigenvalue weighted by Crippen LogP contribution is -2.55. The van der Waals surface area contributed by atoms with Gasteiger partial charge in [-0.15, -0.1) is 0 Å². The summed E-state index contributed by atoms with van der Waals surface area (Å²) in [5, 5.41) is 65.4. The lowest BCUT2D eigenvalue weighted by Gasteiger charge is -2.40. The number of nitrogens with one attached hydrogen (secondary N) is 2. The van der Waals surface area contributed by atoms with Gasteiger partial charge in [0, 0.05) is 108 Å². The number of amides is 4. The number of Topliss-reactive ketones (excluding diaryl/α,β-unsaturated/α-hetero) is 3. The number of hydrogen-bond donors (Lipinski definition) is 8. The van der Waals surface area contributed by atoms with Crippen molar-refractivity contribution < 1.29 is 92.6 Å². The van der Waals surface area contributed by atoms with E-state index in [2.05, 4.69) is 10.6 Å². The third-order valence-electron chi connectivity index (χ3n) is 13.8. The lowest BCUT2D eigenvalue weighted by molar-refractivity contribution is -0.282. The summed E-state index contributed by atoms with van der Waals surface area (Å²) in [7, 11) is 0. The van der Waals surface area contributed by atoms with Gasteiger partial charge in [-0.25, -0.2) is 0 Å². The van der Waals surface area contributed by atoms with Crippen LogP contribution in [-0.4, -0.2) is 191 Å². The van der Waals surface area contributed by atoms with E-state index in [0.717, 1.165) is 11.3 Å². The maximum absolute atomic E-state index is 13.4. The Balaban J connectivity index is 1.31. The smallest absolute Gasteiger partial charge is 0.253 e. The van der Waals surface area contributed by atoms with E-state index in [1.165, 1.54) is 12.2 Å². The molecule has 75 heavy (non-hydrogen) atoms. The maximum atomic E-state index is 13.4. The molecule has 430 valence electrons. The Morgan fingerprint density at radius 1 is 0.587 bits per heavy atom. The van der Waals surface area contributed by atoms with Crippen LogP contribution in [0.25, 0.3) is 0 Å². The van der Waals surface area contributed by atoms with E-state index in [1.807, 2.05) is 0 Å². The molecule has 3 rings (SSSR count). The van der Waals surface area contributed by atoms with Gasteiger partial charge in [-0.1, -0.05) is 26.7 Å². The molecule has 5 unspecified atom stereocenters. The molecule has 22 nitrogen and oxygen atoms in total. The Morgan fingerprint density at radius 2 is 1.05 bits per heavy atom. The van der Waals surface area contributed by atoms with E-state index >= 15 is 0 Å². The Kier molecular flexibility index (Phi) is 31.2. The van der Waals surface area contributed by atoms with Crippen LogP contribution < -0.4 is 10.6 Å². The molecule has 22 heteroatoms. The van der Waals surface area contributed by atoms with Crippen LogP contribution in [0.5, 0.6) is 0 Å². The minimum absolute atomic E-state index is 0.0483.